The highest BCUT2D eigenvalue weighted by Gasteiger charge is 2.42. The fraction of sp³-hybridized carbons (Fsp3) is 0.263. The second kappa shape index (κ2) is 6.92. The van der Waals surface area contributed by atoms with Gasteiger partial charge in [-0.1, -0.05) is 32.0 Å². The lowest BCUT2D eigenvalue weighted by Crippen LogP contribution is -2.30. The van der Waals surface area contributed by atoms with Gasteiger partial charge in [-0.15, -0.1) is 0 Å². The monoisotopic (exact) mass is 372 g/mol. The molecule has 0 aromatic heterocycles. The van der Waals surface area contributed by atoms with Crippen LogP contribution in [0.5, 0.6) is 0 Å². The average Bonchev–Trinajstić information content (AvgIpc) is 2.82. The third kappa shape index (κ3) is 3.48. The van der Waals surface area contributed by atoms with Crippen LogP contribution in [0.2, 0.25) is 0 Å². The van der Waals surface area contributed by atoms with E-state index >= 15 is 0 Å². The molecule has 0 bridgehead atoms. The summed E-state index contributed by atoms with van der Waals surface area (Å²) in [6.45, 7) is 3.63. The predicted molar refractivity (Wildman–Crippen MR) is 101 cm³/mol. The van der Waals surface area contributed by atoms with Crippen molar-refractivity contribution < 1.29 is 18.0 Å². The number of amides is 2. The van der Waals surface area contributed by atoms with Crippen LogP contribution in [-0.2, 0) is 21.2 Å². The van der Waals surface area contributed by atoms with Crippen LogP contribution in [0.25, 0.3) is 0 Å². The van der Waals surface area contributed by atoms with Crippen molar-refractivity contribution in [1.82, 2.24) is 0 Å². The molecule has 2 aromatic rings. The highest BCUT2D eigenvalue weighted by atomic mass is 32.2. The second-order valence-electron chi connectivity index (χ2n) is 6.34. The number of nitrogens with zero attached hydrogens (tertiary/aromatic N) is 1. The fourth-order valence-electron chi connectivity index (χ4n) is 2.89. The molecule has 0 saturated carbocycles. The molecule has 0 radical (unpaired) electrons. The molecule has 0 aliphatic carbocycles. The van der Waals surface area contributed by atoms with Gasteiger partial charge in [0, 0.05) is 11.3 Å². The lowest BCUT2D eigenvalue weighted by atomic mass is 10.1. The Bertz CT molecular complexity index is 952. The first-order chi connectivity index (χ1) is 12.3. The van der Waals surface area contributed by atoms with Crippen LogP contribution in [0.3, 0.4) is 0 Å². The number of sulfonamides is 1. The van der Waals surface area contributed by atoms with Gasteiger partial charge in [0.1, 0.15) is 0 Å². The lowest BCUT2D eigenvalue weighted by Gasteiger charge is -2.16. The molecule has 7 heteroatoms. The van der Waals surface area contributed by atoms with Crippen LogP contribution in [0.4, 0.5) is 11.4 Å². The Morgan fingerprint density at radius 1 is 1.19 bits per heavy atom. The van der Waals surface area contributed by atoms with Crippen LogP contribution < -0.4 is 9.62 Å². The van der Waals surface area contributed by atoms with Crippen molar-refractivity contribution >= 4 is 33.2 Å². The third-order valence-corrected chi connectivity index (χ3v) is 6.19. The maximum absolute atomic E-state index is 12.5. The lowest BCUT2D eigenvalue weighted by molar-refractivity contribution is -0.119. The van der Waals surface area contributed by atoms with Gasteiger partial charge in [0.25, 0.3) is 5.91 Å². The van der Waals surface area contributed by atoms with E-state index < -0.39 is 21.8 Å². The van der Waals surface area contributed by atoms with Gasteiger partial charge in [0.05, 0.1) is 17.4 Å². The SMILES string of the molecule is CCc1ccc(NC(=O)c2cccc(N3C(=O)[C@@H](C)CS3(=O)=O)c2)cc1. The number of anilines is 2. The van der Waals surface area contributed by atoms with E-state index in [1.165, 1.54) is 12.1 Å². The van der Waals surface area contributed by atoms with Crippen molar-refractivity contribution in [1.29, 1.82) is 0 Å². The predicted octanol–water partition coefficient (Wildman–Crippen LogP) is 2.81. The molecule has 26 heavy (non-hydrogen) atoms. The Kier molecular flexibility index (Phi) is 4.82. The van der Waals surface area contributed by atoms with Gasteiger partial charge >= 0.3 is 0 Å². The minimum atomic E-state index is -3.70. The third-order valence-electron chi connectivity index (χ3n) is 4.32. The van der Waals surface area contributed by atoms with Crippen molar-refractivity contribution in [2.24, 2.45) is 5.92 Å². The van der Waals surface area contributed by atoms with E-state index in [0.29, 0.717) is 5.69 Å². The van der Waals surface area contributed by atoms with Crippen LogP contribution >= 0.6 is 0 Å². The summed E-state index contributed by atoms with van der Waals surface area (Å²) in [5, 5.41) is 2.78. The molecule has 136 valence electrons. The van der Waals surface area contributed by atoms with E-state index in [4.69, 9.17) is 0 Å². The zero-order valence-electron chi connectivity index (χ0n) is 14.6. The molecular weight excluding hydrogens is 352 g/mol. The van der Waals surface area contributed by atoms with E-state index in [1.54, 1.807) is 19.1 Å². The Labute approximate surface area is 152 Å². The molecule has 2 aromatic carbocycles. The van der Waals surface area contributed by atoms with Crippen molar-refractivity contribution in [3.05, 3.63) is 59.7 Å². The quantitative estimate of drug-likeness (QED) is 0.894. The normalized spacial score (nSPS) is 18.8. The van der Waals surface area contributed by atoms with Gasteiger partial charge in [0.15, 0.2) is 0 Å². The Morgan fingerprint density at radius 3 is 2.46 bits per heavy atom. The van der Waals surface area contributed by atoms with E-state index in [2.05, 4.69) is 5.32 Å². The Hall–Kier alpha value is -2.67. The van der Waals surface area contributed by atoms with Gasteiger partial charge in [-0.25, -0.2) is 12.7 Å². The summed E-state index contributed by atoms with van der Waals surface area (Å²) in [7, 11) is -3.70. The summed E-state index contributed by atoms with van der Waals surface area (Å²) >= 11 is 0. The summed E-state index contributed by atoms with van der Waals surface area (Å²) < 4.78 is 25.2. The molecular formula is C19H20N2O4S. The first-order valence-electron chi connectivity index (χ1n) is 8.39. The Balaban J connectivity index is 1.84. The molecule has 1 atom stereocenters. The number of hydrogen-bond donors (Lipinski definition) is 1. The summed E-state index contributed by atoms with van der Waals surface area (Å²) in [4.78, 5) is 24.7. The van der Waals surface area contributed by atoms with Crippen LogP contribution in [0.15, 0.2) is 48.5 Å². The maximum atomic E-state index is 12.5. The summed E-state index contributed by atoms with van der Waals surface area (Å²) in [6, 6.07) is 13.6. The van der Waals surface area contributed by atoms with E-state index in [1.807, 2.05) is 31.2 Å². The number of hydrogen-bond acceptors (Lipinski definition) is 4. The largest absolute Gasteiger partial charge is 0.322 e. The number of carbonyl (C=O) groups excluding carboxylic acids is 2. The topological polar surface area (TPSA) is 83.6 Å². The molecule has 1 aliphatic heterocycles. The standard InChI is InChI=1S/C19H20N2O4S/c1-3-14-7-9-16(10-8-14)20-18(22)15-5-4-6-17(11-15)21-19(23)13(2)12-26(21,24)25/h4-11,13H,3,12H2,1-2H3,(H,20,22)/t13-/m0/s1. The summed E-state index contributed by atoms with van der Waals surface area (Å²) in [6.07, 6.45) is 0.910. The minimum absolute atomic E-state index is 0.188. The molecule has 1 fully saturated rings. The van der Waals surface area contributed by atoms with Crippen LogP contribution in [0.1, 0.15) is 29.8 Å². The number of benzene rings is 2. The zero-order chi connectivity index (χ0) is 18.9. The molecule has 2 amide bonds. The maximum Gasteiger partial charge on any atom is 0.255 e. The molecule has 1 N–H and O–H groups in total. The van der Waals surface area contributed by atoms with E-state index in [0.717, 1.165) is 16.3 Å². The smallest absolute Gasteiger partial charge is 0.255 e. The number of carbonyl (C=O) groups is 2. The van der Waals surface area contributed by atoms with Crippen molar-refractivity contribution in [2.75, 3.05) is 15.4 Å². The number of rotatable bonds is 4. The van der Waals surface area contributed by atoms with Gasteiger partial charge < -0.3 is 5.32 Å². The molecule has 0 spiro atoms. The molecule has 1 aliphatic rings. The fourth-order valence-corrected chi connectivity index (χ4v) is 4.70. The second-order valence-corrected chi connectivity index (χ2v) is 8.20. The molecule has 0 unspecified atom stereocenters. The first-order valence-corrected chi connectivity index (χ1v) is 10.00. The highest BCUT2D eigenvalue weighted by molar-refractivity contribution is 7.94. The van der Waals surface area contributed by atoms with Gasteiger partial charge in [0.2, 0.25) is 15.9 Å². The highest BCUT2D eigenvalue weighted by Crippen LogP contribution is 2.29. The molecule has 1 heterocycles. The number of nitrogens with one attached hydrogen (secondary N) is 1. The van der Waals surface area contributed by atoms with Crippen LogP contribution in [-0.4, -0.2) is 26.0 Å². The van der Waals surface area contributed by atoms with E-state index in [-0.39, 0.29) is 22.9 Å². The van der Waals surface area contributed by atoms with Crippen molar-refractivity contribution in [2.45, 2.75) is 20.3 Å². The Morgan fingerprint density at radius 2 is 1.88 bits per heavy atom. The van der Waals surface area contributed by atoms with Gasteiger partial charge in [-0.2, -0.15) is 0 Å². The zero-order valence-corrected chi connectivity index (χ0v) is 15.4. The first kappa shape index (κ1) is 18.1. The van der Waals surface area contributed by atoms with Crippen molar-refractivity contribution in [3.63, 3.8) is 0 Å². The number of aryl methyl sites for hydroxylation is 1. The summed E-state index contributed by atoms with van der Waals surface area (Å²) in [5.41, 5.74) is 2.28. The average molecular weight is 372 g/mol. The van der Waals surface area contributed by atoms with Gasteiger partial charge in [-0.05, 0) is 42.3 Å². The van der Waals surface area contributed by atoms with Crippen molar-refractivity contribution in [3.8, 4) is 0 Å². The molecule has 6 nitrogen and oxygen atoms in total. The summed E-state index contributed by atoms with van der Waals surface area (Å²) in [5.74, 6) is -1.65. The molecule has 3 rings (SSSR count). The van der Waals surface area contributed by atoms with E-state index in [9.17, 15) is 18.0 Å². The molecule has 1 saturated heterocycles. The van der Waals surface area contributed by atoms with Crippen LogP contribution in [0, 0.1) is 5.92 Å². The minimum Gasteiger partial charge on any atom is -0.322 e. The van der Waals surface area contributed by atoms with Gasteiger partial charge in [-0.3, -0.25) is 9.59 Å².